The molecule has 2 radical (unpaired) electrons. The largest absolute Gasteiger partial charge is 0.379 e. The van der Waals surface area contributed by atoms with Gasteiger partial charge in [0.25, 0.3) is 7.98 Å². The number of hydrazone groups is 1. The first-order valence-electron chi connectivity index (χ1n) is 12.7. The predicted molar refractivity (Wildman–Crippen MR) is 153 cm³/mol. The van der Waals surface area contributed by atoms with Crippen LogP contribution in [0.4, 0.5) is 11.4 Å². The molecule has 0 amide bonds. The van der Waals surface area contributed by atoms with E-state index in [1.807, 2.05) is 42.6 Å². The lowest BCUT2D eigenvalue weighted by Gasteiger charge is -2.37. The van der Waals surface area contributed by atoms with Crippen molar-refractivity contribution in [3.8, 4) is 0 Å². The van der Waals surface area contributed by atoms with Crippen molar-refractivity contribution in [3.05, 3.63) is 95.6 Å². The lowest BCUT2D eigenvalue weighted by atomic mass is 9.73. The summed E-state index contributed by atoms with van der Waals surface area (Å²) >= 11 is 0. The van der Waals surface area contributed by atoms with Crippen LogP contribution < -0.4 is 11.1 Å². The second-order valence-electron chi connectivity index (χ2n) is 10.3. The normalized spacial score (nSPS) is 17.9. The van der Waals surface area contributed by atoms with E-state index >= 15 is 0 Å². The van der Waals surface area contributed by atoms with Gasteiger partial charge >= 0.3 is 0 Å². The van der Waals surface area contributed by atoms with Crippen LogP contribution in [-0.4, -0.2) is 44.0 Å². The Balaban J connectivity index is 1.82. The molecule has 0 bridgehead atoms. The summed E-state index contributed by atoms with van der Waals surface area (Å²) in [4.78, 5) is 6.60. The smallest absolute Gasteiger partial charge is 0.255 e. The molecule has 6 heteroatoms. The summed E-state index contributed by atoms with van der Waals surface area (Å²) in [6.07, 6.45) is 3.79. The Morgan fingerprint density at radius 2 is 1.64 bits per heavy atom. The van der Waals surface area contributed by atoms with E-state index in [1.54, 1.807) is 7.05 Å². The van der Waals surface area contributed by atoms with Gasteiger partial charge in [-0.25, -0.2) is 10.1 Å². The van der Waals surface area contributed by atoms with Crippen molar-refractivity contribution < 1.29 is 0 Å². The number of benzene rings is 3. The Morgan fingerprint density at radius 1 is 1.03 bits per heavy atom. The Morgan fingerprint density at radius 3 is 2.19 bits per heavy atom. The molecule has 0 aliphatic carbocycles. The molecule has 36 heavy (non-hydrogen) atoms. The molecule has 1 aliphatic heterocycles. The average molecular weight is 477 g/mol. The molecule has 1 heterocycles. The van der Waals surface area contributed by atoms with Crippen molar-refractivity contribution in [3.63, 3.8) is 0 Å². The Labute approximate surface area is 217 Å². The Kier molecular flexibility index (Phi) is 7.95. The molecule has 184 valence electrons. The third-order valence-electron chi connectivity index (χ3n) is 6.98. The predicted octanol–water partition coefficient (Wildman–Crippen LogP) is 5.89. The number of fused-ring (bicyclic) bond motifs is 1. The number of anilines is 1. The van der Waals surface area contributed by atoms with E-state index in [-0.39, 0.29) is 23.4 Å². The quantitative estimate of drug-likeness (QED) is 0.230. The second kappa shape index (κ2) is 11.1. The molecule has 0 fully saturated rings. The molecule has 4 rings (SSSR count). The number of para-hydroxylation sites is 1. The highest BCUT2D eigenvalue weighted by atomic mass is 15.4. The number of nitrogens with zero attached hydrogens (tertiary/aromatic N) is 3. The van der Waals surface area contributed by atoms with E-state index in [0.29, 0.717) is 0 Å². The second-order valence-corrected chi connectivity index (χ2v) is 10.3. The van der Waals surface area contributed by atoms with Gasteiger partial charge in [-0.05, 0) is 29.9 Å². The number of hydrogen-bond acceptors (Lipinski definition) is 5. The Bertz CT molecular complexity index is 1160. The maximum atomic E-state index is 6.41. The van der Waals surface area contributed by atoms with E-state index in [0.717, 1.165) is 41.1 Å². The standard InChI is InChI=1S/C30H36BN5/c1-5-23(32)19-30(2,3)29-25(20-33-36(4)31)24-17-12-18-26(28(24)35-29)34-27(21-13-8-6-9-14-21)22-15-10-7-11-16-22/h6-18,20,23,25,29,35H,5,19,32H2,1-4H3/b33-20-. The maximum Gasteiger partial charge on any atom is 0.255 e. The van der Waals surface area contributed by atoms with Crippen molar-refractivity contribution >= 4 is 31.3 Å². The van der Waals surface area contributed by atoms with E-state index < -0.39 is 0 Å². The summed E-state index contributed by atoms with van der Waals surface area (Å²) in [6.45, 7) is 6.70. The summed E-state index contributed by atoms with van der Waals surface area (Å²) in [6, 6.07) is 27.2. The summed E-state index contributed by atoms with van der Waals surface area (Å²) in [5.74, 6) is 0.0390. The van der Waals surface area contributed by atoms with Crippen molar-refractivity contribution in [2.75, 3.05) is 12.4 Å². The number of hydrogen-bond donors (Lipinski definition) is 2. The van der Waals surface area contributed by atoms with Gasteiger partial charge in [-0.2, -0.15) is 0 Å². The number of nitrogens with one attached hydrogen (secondary N) is 1. The fraction of sp³-hybridized carbons (Fsp3) is 0.333. The molecule has 0 aromatic heterocycles. The number of rotatable bonds is 9. The lowest BCUT2D eigenvalue weighted by molar-refractivity contribution is 0.252. The van der Waals surface area contributed by atoms with Crippen molar-refractivity contribution in [1.29, 1.82) is 0 Å². The molecule has 0 saturated heterocycles. The van der Waals surface area contributed by atoms with Crippen molar-refractivity contribution in [1.82, 2.24) is 4.92 Å². The fourth-order valence-electron chi connectivity index (χ4n) is 5.09. The van der Waals surface area contributed by atoms with Gasteiger partial charge < -0.3 is 16.0 Å². The van der Waals surface area contributed by atoms with Crippen LogP contribution in [0.5, 0.6) is 0 Å². The minimum Gasteiger partial charge on any atom is -0.379 e. The average Bonchev–Trinajstić information content (AvgIpc) is 3.27. The minimum absolute atomic E-state index is 0.0390. The van der Waals surface area contributed by atoms with Crippen molar-refractivity contribution in [2.24, 2.45) is 21.2 Å². The molecule has 0 spiro atoms. The Hall–Kier alpha value is -3.38. The van der Waals surface area contributed by atoms with Gasteiger partial charge in [0, 0.05) is 42.4 Å². The molecular formula is C30H36BN5. The van der Waals surface area contributed by atoms with Crippen LogP contribution >= 0.6 is 0 Å². The van der Waals surface area contributed by atoms with E-state index in [2.05, 4.69) is 73.7 Å². The molecule has 5 nitrogen and oxygen atoms in total. The summed E-state index contributed by atoms with van der Waals surface area (Å²) in [5, 5.41) is 8.28. The SMILES string of the molecule is [B]N(C)/N=C\C1c2cccc(N=C(c3ccccc3)c3ccccc3)c2NC1C(C)(C)CC(N)CC. The van der Waals surface area contributed by atoms with Crippen LogP contribution in [0.2, 0.25) is 0 Å². The van der Waals surface area contributed by atoms with Crippen LogP contribution in [0.1, 0.15) is 56.2 Å². The van der Waals surface area contributed by atoms with Crippen LogP contribution in [0, 0.1) is 5.41 Å². The highest BCUT2D eigenvalue weighted by Crippen LogP contribution is 2.48. The topological polar surface area (TPSA) is 66.0 Å². The zero-order valence-corrected chi connectivity index (χ0v) is 21.7. The van der Waals surface area contributed by atoms with E-state index in [9.17, 15) is 0 Å². The highest BCUT2D eigenvalue weighted by molar-refractivity contribution is 6.14. The molecule has 3 aromatic carbocycles. The first-order valence-corrected chi connectivity index (χ1v) is 12.7. The minimum atomic E-state index is -0.0824. The van der Waals surface area contributed by atoms with Gasteiger partial charge in [-0.3, -0.25) is 0 Å². The monoisotopic (exact) mass is 477 g/mol. The van der Waals surface area contributed by atoms with Gasteiger partial charge in [-0.1, -0.05) is 93.6 Å². The zero-order chi connectivity index (χ0) is 25.7. The fourth-order valence-corrected chi connectivity index (χ4v) is 5.09. The third kappa shape index (κ3) is 5.71. The van der Waals surface area contributed by atoms with Gasteiger partial charge in [0.15, 0.2) is 0 Å². The molecule has 1 aliphatic rings. The first kappa shape index (κ1) is 25.7. The highest BCUT2D eigenvalue weighted by Gasteiger charge is 2.42. The summed E-state index contributed by atoms with van der Waals surface area (Å²) in [5.41, 5.74) is 12.5. The number of nitrogens with two attached hydrogens (primary N) is 1. The molecular weight excluding hydrogens is 441 g/mol. The molecule has 0 saturated carbocycles. The van der Waals surface area contributed by atoms with Gasteiger partial charge in [0.05, 0.1) is 17.1 Å². The van der Waals surface area contributed by atoms with E-state index in [1.165, 1.54) is 10.5 Å². The molecule has 3 aromatic rings. The third-order valence-corrected chi connectivity index (χ3v) is 6.98. The zero-order valence-electron chi connectivity index (χ0n) is 21.7. The molecule has 3 atom stereocenters. The first-order chi connectivity index (χ1) is 17.3. The van der Waals surface area contributed by atoms with Crippen LogP contribution in [0.25, 0.3) is 0 Å². The van der Waals surface area contributed by atoms with Crippen LogP contribution in [0.3, 0.4) is 0 Å². The van der Waals surface area contributed by atoms with E-state index in [4.69, 9.17) is 18.7 Å². The van der Waals surface area contributed by atoms with Gasteiger partial charge in [0.2, 0.25) is 0 Å². The molecule has 3 unspecified atom stereocenters. The van der Waals surface area contributed by atoms with Gasteiger partial charge in [0.1, 0.15) is 0 Å². The molecule has 3 N–H and O–H groups in total. The lowest BCUT2D eigenvalue weighted by Crippen LogP contribution is -2.42. The summed E-state index contributed by atoms with van der Waals surface area (Å²) in [7, 11) is 7.58. The van der Waals surface area contributed by atoms with Gasteiger partial charge in [-0.15, -0.1) is 0 Å². The van der Waals surface area contributed by atoms with Crippen LogP contribution in [-0.2, 0) is 0 Å². The van der Waals surface area contributed by atoms with Crippen LogP contribution in [0.15, 0.2) is 89.0 Å². The summed E-state index contributed by atoms with van der Waals surface area (Å²) < 4.78 is 0. The maximum absolute atomic E-state index is 6.41. The van der Waals surface area contributed by atoms with Crippen molar-refractivity contribution in [2.45, 2.75) is 51.6 Å². The number of aliphatic imine (C=N–C) groups is 1.